The average molecular weight is 491 g/mol. The number of rotatable bonds is 7. The molecule has 4 aliphatic rings. The Morgan fingerprint density at radius 3 is 2.25 bits per heavy atom. The molecule has 6 heteroatoms. The Labute approximate surface area is 215 Å². The first-order chi connectivity index (χ1) is 17.1. The van der Waals surface area contributed by atoms with Crippen LogP contribution in [-0.2, 0) is 15.0 Å². The van der Waals surface area contributed by atoms with Gasteiger partial charge in [-0.15, -0.1) is 0 Å². The number of amides is 2. The summed E-state index contributed by atoms with van der Waals surface area (Å²) in [4.78, 5) is 29.2. The molecule has 0 unspecified atom stereocenters. The van der Waals surface area contributed by atoms with Crippen molar-refractivity contribution in [3.05, 3.63) is 41.6 Å². The molecule has 1 aromatic carbocycles. The maximum Gasteiger partial charge on any atom is 0.245 e. The molecule has 0 saturated heterocycles. The molecule has 2 amide bonds. The van der Waals surface area contributed by atoms with Gasteiger partial charge in [0.1, 0.15) is 5.82 Å². The summed E-state index contributed by atoms with van der Waals surface area (Å²) < 4.78 is 1.83. The molecule has 4 fully saturated rings. The molecule has 2 aromatic rings. The van der Waals surface area contributed by atoms with Crippen LogP contribution in [0.5, 0.6) is 0 Å². The van der Waals surface area contributed by atoms with Crippen LogP contribution in [0.4, 0.5) is 5.82 Å². The Bertz CT molecular complexity index is 1110. The van der Waals surface area contributed by atoms with E-state index in [-0.39, 0.29) is 29.2 Å². The SMILES string of the molecule is CCCN(CC(=O)Nc1cc(C(C)(C)C)nn1-c1ccccc1C)C(=O)C12CC3CC(CC(C3)C1)C2. The summed E-state index contributed by atoms with van der Waals surface area (Å²) in [6.45, 7) is 11.2. The maximum absolute atomic E-state index is 14.0. The molecule has 6 nitrogen and oxygen atoms in total. The number of hydrogen-bond donors (Lipinski definition) is 1. The van der Waals surface area contributed by atoms with E-state index >= 15 is 0 Å². The number of benzene rings is 1. The van der Waals surface area contributed by atoms with Crippen molar-refractivity contribution in [1.82, 2.24) is 14.7 Å². The van der Waals surface area contributed by atoms with Crippen LogP contribution in [0, 0.1) is 30.1 Å². The maximum atomic E-state index is 14.0. The largest absolute Gasteiger partial charge is 0.333 e. The highest BCUT2D eigenvalue weighted by Gasteiger charge is 2.55. The zero-order chi connectivity index (χ0) is 25.7. The van der Waals surface area contributed by atoms with Gasteiger partial charge >= 0.3 is 0 Å². The zero-order valence-electron chi connectivity index (χ0n) is 22.6. The average Bonchev–Trinajstić information content (AvgIpc) is 3.21. The number of carbonyl (C=O) groups excluding carboxylic acids is 2. The Morgan fingerprint density at radius 2 is 1.69 bits per heavy atom. The fourth-order valence-electron chi connectivity index (χ4n) is 7.41. The summed E-state index contributed by atoms with van der Waals surface area (Å²) in [7, 11) is 0. The van der Waals surface area contributed by atoms with E-state index in [4.69, 9.17) is 5.10 Å². The number of nitrogens with zero attached hydrogens (tertiary/aromatic N) is 3. The quantitative estimate of drug-likeness (QED) is 0.528. The van der Waals surface area contributed by atoms with Gasteiger partial charge in [0, 0.05) is 18.0 Å². The van der Waals surface area contributed by atoms with Crippen LogP contribution in [-0.4, -0.2) is 39.6 Å². The van der Waals surface area contributed by atoms with Crippen LogP contribution in [0.3, 0.4) is 0 Å². The summed E-state index contributed by atoms with van der Waals surface area (Å²) >= 11 is 0. The lowest BCUT2D eigenvalue weighted by Gasteiger charge is -2.56. The summed E-state index contributed by atoms with van der Waals surface area (Å²) in [5.74, 6) is 2.83. The highest BCUT2D eigenvalue weighted by atomic mass is 16.2. The van der Waals surface area contributed by atoms with E-state index in [9.17, 15) is 9.59 Å². The van der Waals surface area contributed by atoms with E-state index in [2.05, 4.69) is 33.0 Å². The van der Waals surface area contributed by atoms with E-state index in [0.717, 1.165) is 42.6 Å². The molecule has 1 N–H and O–H groups in total. The minimum absolute atomic E-state index is 0.0955. The van der Waals surface area contributed by atoms with Gasteiger partial charge in [-0.05, 0) is 81.3 Å². The highest BCUT2D eigenvalue weighted by molar-refractivity contribution is 5.95. The summed E-state index contributed by atoms with van der Waals surface area (Å²) in [6.07, 6.45) is 7.83. The van der Waals surface area contributed by atoms with Crippen molar-refractivity contribution in [3.63, 3.8) is 0 Å². The molecule has 6 rings (SSSR count). The lowest BCUT2D eigenvalue weighted by molar-refractivity contribution is -0.158. The van der Waals surface area contributed by atoms with E-state index < -0.39 is 0 Å². The Hall–Kier alpha value is -2.63. The van der Waals surface area contributed by atoms with Crippen molar-refractivity contribution in [2.75, 3.05) is 18.4 Å². The molecule has 0 atom stereocenters. The molecule has 194 valence electrons. The van der Waals surface area contributed by atoms with Gasteiger partial charge in [0.2, 0.25) is 11.8 Å². The molecular weight excluding hydrogens is 448 g/mol. The van der Waals surface area contributed by atoms with Gasteiger partial charge in [-0.2, -0.15) is 5.10 Å². The summed E-state index contributed by atoms with van der Waals surface area (Å²) in [5, 5.41) is 7.98. The van der Waals surface area contributed by atoms with Crippen molar-refractivity contribution in [3.8, 4) is 5.69 Å². The first-order valence-corrected chi connectivity index (χ1v) is 13.8. The molecule has 1 aromatic heterocycles. The van der Waals surface area contributed by atoms with Gasteiger partial charge in [-0.3, -0.25) is 9.59 Å². The first kappa shape index (κ1) is 25.0. The minimum Gasteiger partial charge on any atom is -0.333 e. The molecule has 36 heavy (non-hydrogen) atoms. The Kier molecular flexibility index (Phi) is 6.50. The van der Waals surface area contributed by atoms with Gasteiger partial charge in [-0.1, -0.05) is 45.9 Å². The van der Waals surface area contributed by atoms with Gasteiger partial charge < -0.3 is 10.2 Å². The summed E-state index contributed by atoms with van der Waals surface area (Å²) in [6, 6.07) is 10.0. The molecule has 4 aliphatic carbocycles. The minimum atomic E-state index is -0.230. The van der Waals surface area contributed by atoms with Crippen LogP contribution in [0.25, 0.3) is 5.69 Å². The molecule has 4 bridgehead atoms. The van der Waals surface area contributed by atoms with Crippen molar-refractivity contribution in [2.24, 2.45) is 23.2 Å². The number of aromatic nitrogens is 2. The van der Waals surface area contributed by atoms with Gasteiger partial charge in [0.05, 0.1) is 23.3 Å². The van der Waals surface area contributed by atoms with Crippen molar-refractivity contribution >= 4 is 17.6 Å². The third-order valence-electron chi connectivity index (χ3n) is 8.70. The van der Waals surface area contributed by atoms with Crippen LogP contribution in [0.1, 0.15) is 83.9 Å². The molecular formula is C30H42N4O2. The second kappa shape index (κ2) is 9.35. The number of hydrogen-bond acceptors (Lipinski definition) is 3. The number of para-hydroxylation sites is 1. The van der Waals surface area contributed by atoms with E-state index in [1.54, 1.807) is 0 Å². The molecule has 0 spiro atoms. The zero-order valence-corrected chi connectivity index (χ0v) is 22.6. The predicted molar refractivity (Wildman–Crippen MR) is 143 cm³/mol. The van der Waals surface area contributed by atoms with Gasteiger partial charge in [0.25, 0.3) is 0 Å². The van der Waals surface area contributed by atoms with E-state index in [1.165, 1.54) is 19.3 Å². The third-order valence-corrected chi connectivity index (χ3v) is 8.70. The summed E-state index contributed by atoms with van der Waals surface area (Å²) in [5.41, 5.74) is 2.55. The van der Waals surface area contributed by atoms with Crippen LogP contribution < -0.4 is 5.32 Å². The van der Waals surface area contributed by atoms with E-state index in [0.29, 0.717) is 30.1 Å². The fourth-order valence-corrected chi connectivity index (χ4v) is 7.41. The smallest absolute Gasteiger partial charge is 0.245 e. The lowest BCUT2D eigenvalue weighted by atomic mass is 9.49. The van der Waals surface area contributed by atoms with Crippen LogP contribution in [0.2, 0.25) is 0 Å². The number of aryl methyl sites for hydroxylation is 1. The Balaban J connectivity index is 1.37. The van der Waals surface area contributed by atoms with E-state index in [1.807, 2.05) is 46.8 Å². The highest BCUT2D eigenvalue weighted by Crippen LogP contribution is 2.60. The molecule has 0 aliphatic heterocycles. The van der Waals surface area contributed by atoms with Gasteiger partial charge in [0.15, 0.2) is 0 Å². The second-order valence-electron chi connectivity index (χ2n) is 12.8. The van der Waals surface area contributed by atoms with Crippen molar-refractivity contribution in [2.45, 2.75) is 85.0 Å². The monoisotopic (exact) mass is 490 g/mol. The van der Waals surface area contributed by atoms with Gasteiger partial charge in [-0.25, -0.2) is 4.68 Å². The van der Waals surface area contributed by atoms with Crippen LogP contribution >= 0.6 is 0 Å². The van der Waals surface area contributed by atoms with Crippen molar-refractivity contribution in [1.29, 1.82) is 0 Å². The fraction of sp³-hybridized carbons (Fsp3) is 0.633. The van der Waals surface area contributed by atoms with Crippen LogP contribution in [0.15, 0.2) is 30.3 Å². The molecule has 1 heterocycles. The molecule has 4 saturated carbocycles. The Morgan fingerprint density at radius 1 is 1.08 bits per heavy atom. The first-order valence-electron chi connectivity index (χ1n) is 13.8. The third kappa shape index (κ3) is 4.71. The van der Waals surface area contributed by atoms with Crippen molar-refractivity contribution < 1.29 is 9.59 Å². The standard InChI is InChI=1S/C30H42N4O2/c1-6-11-33(28(36)30-16-21-12-22(17-30)14-23(13-21)18-30)19-27(35)31-26-15-25(29(3,4)5)32-34(26)24-10-8-7-9-20(24)2/h7-10,15,21-23H,6,11-14,16-19H2,1-5H3,(H,31,35). The number of nitrogens with one attached hydrogen (secondary N) is 1. The number of anilines is 1. The normalized spacial score (nSPS) is 26.8. The lowest BCUT2D eigenvalue weighted by Crippen LogP contribution is -2.55. The second-order valence-corrected chi connectivity index (χ2v) is 12.8. The topological polar surface area (TPSA) is 67.2 Å². The number of carbonyl (C=O) groups is 2. The molecule has 0 radical (unpaired) electrons. The predicted octanol–water partition coefficient (Wildman–Crippen LogP) is 5.87.